The maximum atomic E-state index is 11.7. The summed E-state index contributed by atoms with van der Waals surface area (Å²) in [6.07, 6.45) is 2.98. The normalized spacial score (nSPS) is 11.9. The number of anilines is 1. The monoisotopic (exact) mass is 225 g/mol. The van der Waals surface area contributed by atoms with Crippen LogP contribution in [-0.2, 0) is 0 Å². The molecule has 80 valence electrons. The van der Waals surface area contributed by atoms with Crippen molar-refractivity contribution in [3.05, 3.63) is 35.6 Å². The Morgan fingerprint density at radius 2 is 2.47 bits per heavy atom. The number of hydrogen-bond acceptors (Lipinski definition) is 3. The Morgan fingerprint density at radius 3 is 3.07 bits per heavy atom. The van der Waals surface area contributed by atoms with Crippen molar-refractivity contribution >= 4 is 23.2 Å². The minimum Gasteiger partial charge on any atom is -0.397 e. The van der Waals surface area contributed by atoms with Crippen LogP contribution in [0.2, 0.25) is 5.15 Å². The fraction of sp³-hybridized carbons (Fsp3) is 0.200. The van der Waals surface area contributed by atoms with Crippen LogP contribution in [0.4, 0.5) is 5.69 Å². The Kier molecular flexibility index (Phi) is 3.68. The van der Waals surface area contributed by atoms with Gasteiger partial charge in [0.05, 0.1) is 17.4 Å². The molecule has 0 aromatic carbocycles. The van der Waals surface area contributed by atoms with Gasteiger partial charge in [0.2, 0.25) is 0 Å². The number of nitrogen functional groups attached to an aromatic ring is 1. The second kappa shape index (κ2) is 4.79. The van der Waals surface area contributed by atoms with Crippen LogP contribution in [0, 0.1) is 0 Å². The number of rotatable bonds is 3. The van der Waals surface area contributed by atoms with E-state index in [1.165, 1.54) is 12.3 Å². The molecular formula is C10H12ClN3O. The maximum absolute atomic E-state index is 11.7. The number of nitrogens with one attached hydrogen (secondary N) is 1. The minimum atomic E-state index is -0.288. The van der Waals surface area contributed by atoms with Gasteiger partial charge in [0.15, 0.2) is 0 Å². The van der Waals surface area contributed by atoms with Gasteiger partial charge in [-0.25, -0.2) is 4.98 Å². The third-order valence-corrected chi connectivity index (χ3v) is 2.07. The zero-order chi connectivity index (χ0) is 11.4. The molecule has 0 bridgehead atoms. The van der Waals surface area contributed by atoms with Gasteiger partial charge in [0, 0.05) is 6.04 Å². The van der Waals surface area contributed by atoms with E-state index in [1.807, 2.05) is 6.92 Å². The molecule has 0 saturated carbocycles. The number of carbonyl (C=O) groups excluding carboxylic acids is 1. The van der Waals surface area contributed by atoms with Crippen LogP contribution < -0.4 is 11.1 Å². The van der Waals surface area contributed by atoms with E-state index in [9.17, 15) is 4.79 Å². The molecule has 0 aliphatic rings. The largest absolute Gasteiger partial charge is 0.397 e. The molecule has 0 fully saturated rings. The van der Waals surface area contributed by atoms with E-state index in [2.05, 4.69) is 16.9 Å². The first-order valence-electron chi connectivity index (χ1n) is 4.39. The van der Waals surface area contributed by atoms with Gasteiger partial charge in [0.25, 0.3) is 5.91 Å². The lowest BCUT2D eigenvalue weighted by Gasteiger charge is -2.10. The highest BCUT2D eigenvalue weighted by Gasteiger charge is 2.11. The number of pyridine rings is 1. The van der Waals surface area contributed by atoms with Gasteiger partial charge in [0.1, 0.15) is 5.15 Å². The standard InChI is InChI=1S/C10H12ClN3O/c1-3-6(2)14-10(15)7-4-9(11)13-5-8(7)12/h3-6H,1,12H2,2H3,(H,14,15). The Balaban J connectivity index is 2.90. The Bertz CT molecular complexity index is 392. The summed E-state index contributed by atoms with van der Waals surface area (Å²) in [7, 11) is 0. The topological polar surface area (TPSA) is 68.0 Å². The van der Waals surface area contributed by atoms with E-state index in [0.717, 1.165) is 0 Å². The van der Waals surface area contributed by atoms with Crippen LogP contribution in [0.3, 0.4) is 0 Å². The summed E-state index contributed by atoms with van der Waals surface area (Å²) >= 11 is 5.66. The summed E-state index contributed by atoms with van der Waals surface area (Å²) in [5, 5.41) is 2.93. The highest BCUT2D eigenvalue weighted by atomic mass is 35.5. The van der Waals surface area contributed by atoms with Crippen LogP contribution in [-0.4, -0.2) is 16.9 Å². The third-order valence-electron chi connectivity index (χ3n) is 1.86. The van der Waals surface area contributed by atoms with E-state index in [0.29, 0.717) is 11.3 Å². The van der Waals surface area contributed by atoms with Crippen molar-refractivity contribution in [2.24, 2.45) is 0 Å². The number of aromatic nitrogens is 1. The van der Waals surface area contributed by atoms with Gasteiger partial charge in [-0.05, 0) is 13.0 Å². The molecule has 0 saturated heterocycles. The number of nitrogens with two attached hydrogens (primary N) is 1. The van der Waals surface area contributed by atoms with Gasteiger partial charge >= 0.3 is 0 Å². The maximum Gasteiger partial charge on any atom is 0.253 e. The van der Waals surface area contributed by atoms with E-state index in [4.69, 9.17) is 17.3 Å². The molecule has 0 aliphatic heterocycles. The SMILES string of the molecule is C=CC(C)NC(=O)c1cc(Cl)ncc1N. The quantitative estimate of drug-likeness (QED) is 0.607. The molecule has 1 aromatic heterocycles. The molecule has 4 nitrogen and oxygen atoms in total. The lowest BCUT2D eigenvalue weighted by atomic mass is 10.2. The summed E-state index contributed by atoms with van der Waals surface area (Å²) in [4.78, 5) is 15.4. The van der Waals surface area contributed by atoms with Crippen molar-refractivity contribution in [1.82, 2.24) is 10.3 Å². The number of amides is 1. The predicted molar refractivity (Wildman–Crippen MR) is 60.8 cm³/mol. The van der Waals surface area contributed by atoms with Crippen LogP contribution >= 0.6 is 11.6 Å². The fourth-order valence-corrected chi connectivity index (χ4v) is 1.14. The van der Waals surface area contributed by atoms with Gasteiger partial charge in [-0.2, -0.15) is 0 Å². The minimum absolute atomic E-state index is 0.121. The molecule has 1 amide bonds. The lowest BCUT2D eigenvalue weighted by molar-refractivity contribution is 0.0948. The van der Waals surface area contributed by atoms with E-state index >= 15 is 0 Å². The van der Waals surface area contributed by atoms with Crippen molar-refractivity contribution in [1.29, 1.82) is 0 Å². The Morgan fingerprint density at radius 1 is 1.80 bits per heavy atom. The number of halogens is 1. The van der Waals surface area contributed by atoms with Crippen LogP contribution in [0.1, 0.15) is 17.3 Å². The third kappa shape index (κ3) is 2.95. The van der Waals surface area contributed by atoms with Crippen LogP contribution in [0.15, 0.2) is 24.9 Å². The molecule has 1 aromatic rings. The van der Waals surface area contributed by atoms with E-state index in [1.54, 1.807) is 6.08 Å². The first-order chi connectivity index (χ1) is 7.04. The van der Waals surface area contributed by atoms with Crippen LogP contribution in [0.5, 0.6) is 0 Å². The van der Waals surface area contributed by atoms with Crippen molar-refractivity contribution in [2.45, 2.75) is 13.0 Å². The molecule has 1 rings (SSSR count). The highest BCUT2D eigenvalue weighted by Crippen LogP contribution is 2.14. The summed E-state index contributed by atoms with van der Waals surface area (Å²) in [5.41, 5.74) is 6.22. The smallest absolute Gasteiger partial charge is 0.253 e. The number of nitrogens with zero attached hydrogens (tertiary/aromatic N) is 1. The van der Waals surface area contributed by atoms with Crippen molar-refractivity contribution in [3.63, 3.8) is 0 Å². The summed E-state index contributed by atoms with van der Waals surface area (Å²) in [6.45, 7) is 5.37. The van der Waals surface area contributed by atoms with Gasteiger partial charge < -0.3 is 11.1 Å². The lowest BCUT2D eigenvalue weighted by Crippen LogP contribution is -2.31. The van der Waals surface area contributed by atoms with E-state index < -0.39 is 0 Å². The highest BCUT2D eigenvalue weighted by molar-refractivity contribution is 6.29. The number of carbonyl (C=O) groups is 1. The van der Waals surface area contributed by atoms with Gasteiger partial charge in [-0.15, -0.1) is 6.58 Å². The van der Waals surface area contributed by atoms with E-state index in [-0.39, 0.29) is 17.1 Å². The first-order valence-corrected chi connectivity index (χ1v) is 4.77. The Labute approximate surface area is 93.1 Å². The zero-order valence-electron chi connectivity index (χ0n) is 8.33. The molecule has 0 aliphatic carbocycles. The van der Waals surface area contributed by atoms with Crippen molar-refractivity contribution < 1.29 is 4.79 Å². The second-order valence-corrected chi connectivity index (χ2v) is 3.48. The molecular weight excluding hydrogens is 214 g/mol. The second-order valence-electron chi connectivity index (χ2n) is 3.09. The molecule has 1 unspecified atom stereocenters. The predicted octanol–water partition coefficient (Wildman–Crippen LogP) is 1.62. The molecule has 3 N–H and O–H groups in total. The summed E-state index contributed by atoms with van der Waals surface area (Å²) in [6, 6.07) is 1.31. The molecule has 0 radical (unpaired) electrons. The average Bonchev–Trinajstić information content (AvgIpc) is 2.21. The summed E-state index contributed by atoms with van der Waals surface area (Å²) < 4.78 is 0. The number of hydrogen-bond donors (Lipinski definition) is 2. The summed E-state index contributed by atoms with van der Waals surface area (Å²) in [5.74, 6) is -0.288. The van der Waals surface area contributed by atoms with Gasteiger partial charge in [-0.1, -0.05) is 17.7 Å². The zero-order valence-corrected chi connectivity index (χ0v) is 9.08. The Hall–Kier alpha value is -1.55. The van der Waals surface area contributed by atoms with Gasteiger partial charge in [-0.3, -0.25) is 4.79 Å². The molecule has 5 heteroatoms. The van der Waals surface area contributed by atoms with Crippen molar-refractivity contribution in [3.8, 4) is 0 Å². The molecule has 1 heterocycles. The fourth-order valence-electron chi connectivity index (χ4n) is 0.981. The average molecular weight is 226 g/mol. The molecule has 15 heavy (non-hydrogen) atoms. The molecule has 0 spiro atoms. The molecule has 1 atom stereocenters. The first kappa shape index (κ1) is 11.5. The van der Waals surface area contributed by atoms with Crippen molar-refractivity contribution in [2.75, 3.05) is 5.73 Å². The van der Waals surface area contributed by atoms with Crippen LogP contribution in [0.25, 0.3) is 0 Å².